The lowest BCUT2D eigenvalue weighted by atomic mass is 9.90. The van der Waals surface area contributed by atoms with Crippen LogP contribution in [-0.4, -0.2) is 24.4 Å². The van der Waals surface area contributed by atoms with Crippen LogP contribution in [0.2, 0.25) is 0 Å². The highest BCUT2D eigenvalue weighted by Crippen LogP contribution is 2.21. The highest BCUT2D eigenvalue weighted by molar-refractivity contribution is 6.04. The van der Waals surface area contributed by atoms with Crippen LogP contribution in [-0.2, 0) is 9.59 Å². The largest absolute Gasteiger partial charge is 0.355 e. The van der Waals surface area contributed by atoms with Gasteiger partial charge in [0.2, 0.25) is 11.8 Å². The van der Waals surface area contributed by atoms with Gasteiger partial charge in [-0.05, 0) is 32.6 Å². The summed E-state index contributed by atoms with van der Waals surface area (Å²) in [7, 11) is 0. The van der Waals surface area contributed by atoms with Gasteiger partial charge in [-0.15, -0.1) is 0 Å². The molecular formula is C14H26N2O2. The number of rotatable bonds is 5. The number of carbonyl (C=O) groups is 2. The van der Waals surface area contributed by atoms with Gasteiger partial charge in [0.15, 0.2) is 0 Å². The third-order valence-electron chi connectivity index (χ3n) is 3.50. The summed E-state index contributed by atoms with van der Waals surface area (Å²) in [5.74, 6) is 0.0463. The molecule has 1 rings (SSSR count). The van der Waals surface area contributed by atoms with Crippen molar-refractivity contribution in [1.29, 1.82) is 0 Å². The number of hydrogen-bond donors (Lipinski definition) is 2. The van der Waals surface area contributed by atoms with Crippen molar-refractivity contribution in [3.05, 3.63) is 0 Å². The first-order valence-corrected chi connectivity index (χ1v) is 6.93. The average molecular weight is 254 g/mol. The molecule has 2 N–H and O–H groups in total. The van der Waals surface area contributed by atoms with E-state index in [2.05, 4.69) is 10.6 Å². The van der Waals surface area contributed by atoms with Crippen LogP contribution in [0, 0.1) is 11.3 Å². The molecule has 0 aromatic carbocycles. The van der Waals surface area contributed by atoms with E-state index in [1.165, 1.54) is 12.8 Å². The number of hydrogen-bond acceptors (Lipinski definition) is 2. The lowest BCUT2D eigenvalue weighted by molar-refractivity contribution is -0.141. The minimum Gasteiger partial charge on any atom is -0.355 e. The zero-order valence-corrected chi connectivity index (χ0v) is 12.0. The summed E-state index contributed by atoms with van der Waals surface area (Å²) >= 11 is 0. The minimum absolute atomic E-state index is 0.157. The normalized spacial score (nSPS) is 16.9. The predicted molar refractivity (Wildman–Crippen MR) is 72.0 cm³/mol. The van der Waals surface area contributed by atoms with Crippen LogP contribution in [0.1, 0.15) is 53.4 Å². The molecule has 18 heavy (non-hydrogen) atoms. The van der Waals surface area contributed by atoms with E-state index in [4.69, 9.17) is 0 Å². The molecule has 1 aliphatic carbocycles. The van der Waals surface area contributed by atoms with Crippen LogP contribution in [0.3, 0.4) is 0 Å². The van der Waals surface area contributed by atoms with Gasteiger partial charge in [0.25, 0.3) is 0 Å². The van der Waals surface area contributed by atoms with Crippen molar-refractivity contribution in [2.45, 2.75) is 59.4 Å². The Labute approximate surface area is 110 Å². The Kier molecular flexibility index (Phi) is 5.17. The van der Waals surface area contributed by atoms with Gasteiger partial charge in [0.05, 0.1) is 0 Å². The van der Waals surface area contributed by atoms with E-state index in [-0.39, 0.29) is 17.9 Å². The molecule has 4 nitrogen and oxygen atoms in total. The van der Waals surface area contributed by atoms with Crippen LogP contribution < -0.4 is 10.6 Å². The maximum absolute atomic E-state index is 12.1. The molecule has 0 saturated heterocycles. The van der Waals surface area contributed by atoms with Gasteiger partial charge in [-0.2, -0.15) is 0 Å². The Morgan fingerprint density at radius 3 is 2.22 bits per heavy atom. The molecule has 0 aliphatic heterocycles. The summed E-state index contributed by atoms with van der Waals surface area (Å²) in [6.07, 6.45) is 4.42. The van der Waals surface area contributed by atoms with Crippen molar-refractivity contribution in [2.75, 3.05) is 6.54 Å². The van der Waals surface area contributed by atoms with Gasteiger partial charge < -0.3 is 10.6 Å². The molecule has 0 unspecified atom stereocenters. The Hall–Kier alpha value is -1.06. The molecule has 0 radical (unpaired) electrons. The lowest BCUT2D eigenvalue weighted by Crippen LogP contribution is -2.50. The summed E-state index contributed by atoms with van der Waals surface area (Å²) in [6.45, 7) is 8.05. The van der Waals surface area contributed by atoms with Gasteiger partial charge in [0, 0.05) is 12.6 Å². The monoisotopic (exact) mass is 254 g/mol. The predicted octanol–water partition coefficient (Wildman–Crippen LogP) is 1.84. The molecule has 0 atom stereocenters. The summed E-state index contributed by atoms with van der Waals surface area (Å²) in [6, 6.07) is 0.259. The first-order valence-electron chi connectivity index (χ1n) is 6.93. The smallest absolute Gasteiger partial charge is 0.235 e. The molecule has 0 spiro atoms. The molecule has 104 valence electrons. The van der Waals surface area contributed by atoms with Crippen molar-refractivity contribution in [3.63, 3.8) is 0 Å². The minimum atomic E-state index is -0.989. The van der Waals surface area contributed by atoms with Crippen LogP contribution in [0.5, 0.6) is 0 Å². The van der Waals surface area contributed by atoms with Crippen molar-refractivity contribution >= 4 is 11.8 Å². The van der Waals surface area contributed by atoms with E-state index in [9.17, 15) is 9.59 Å². The lowest BCUT2D eigenvalue weighted by Gasteiger charge is -2.25. The van der Waals surface area contributed by atoms with Gasteiger partial charge in [0.1, 0.15) is 5.41 Å². The maximum atomic E-state index is 12.1. The first kappa shape index (κ1) is 15.0. The number of amides is 2. The fourth-order valence-corrected chi connectivity index (χ4v) is 2.06. The third kappa shape index (κ3) is 4.00. The molecule has 1 aliphatic rings. The quantitative estimate of drug-likeness (QED) is 0.736. The fraction of sp³-hybridized carbons (Fsp3) is 0.857. The Balaban J connectivity index is 2.49. The fourth-order valence-electron chi connectivity index (χ4n) is 2.06. The second kappa shape index (κ2) is 6.21. The average Bonchev–Trinajstić information content (AvgIpc) is 2.78. The van der Waals surface area contributed by atoms with Gasteiger partial charge in [-0.1, -0.05) is 26.7 Å². The molecule has 1 fully saturated rings. The van der Waals surface area contributed by atoms with E-state index < -0.39 is 5.41 Å². The molecular weight excluding hydrogens is 228 g/mol. The van der Waals surface area contributed by atoms with Crippen molar-refractivity contribution in [2.24, 2.45) is 11.3 Å². The molecule has 4 heteroatoms. The van der Waals surface area contributed by atoms with Crippen molar-refractivity contribution < 1.29 is 9.59 Å². The van der Waals surface area contributed by atoms with Crippen LogP contribution in [0.25, 0.3) is 0 Å². The van der Waals surface area contributed by atoms with E-state index in [0.29, 0.717) is 12.5 Å². The number of carbonyl (C=O) groups excluding carboxylic acids is 2. The zero-order valence-electron chi connectivity index (χ0n) is 12.0. The second-order valence-corrected chi connectivity index (χ2v) is 6.18. The van der Waals surface area contributed by atoms with Crippen LogP contribution >= 0.6 is 0 Å². The number of nitrogens with one attached hydrogen (secondary N) is 2. The van der Waals surface area contributed by atoms with Crippen LogP contribution in [0.4, 0.5) is 0 Å². The zero-order chi connectivity index (χ0) is 13.8. The molecule has 0 bridgehead atoms. The van der Waals surface area contributed by atoms with E-state index in [1.807, 2.05) is 13.8 Å². The maximum Gasteiger partial charge on any atom is 0.235 e. The topological polar surface area (TPSA) is 58.2 Å². The summed E-state index contributed by atoms with van der Waals surface area (Å²) in [5, 5.41) is 5.82. The van der Waals surface area contributed by atoms with Crippen molar-refractivity contribution in [3.8, 4) is 0 Å². The standard InChI is InChI=1S/C14H26N2O2/c1-10(2)9-15-12(17)14(3,4)13(18)16-11-7-5-6-8-11/h10-11H,5-9H2,1-4H3,(H,15,17)(H,16,18). The highest BCUT2D eigenvalue weighted by atomic mass is 16.2. The molecule has 2 amide bonds. The van der Waals surface area contributed by atoms with Crippen molar-refractivity contribution in [1.82, 2.24) is 10.6 Å². The van der Waals surface area contributed by atoms with Crippen LogP contribution in [0.15, 0.2) is 0 Å². The molecule has 0 aromatic heterocycles. The van der Waals surface area contributed by atoms with E-state index >= 15 is 0 Å². The highest BCUT2D eigenvalue weighted by Gasteiger charge is 2.37. The Morgan fingerprint density at radius 1 is 1.17 bits per heavy atom. The molecule has 1 saturated carbocycles. The van der Waals surface area contributed by atoms with Gasteiger partial charge >= 0.3 is 0 Å². The summed E-state index contributed by atoms with van der Waals surface area (Å²) in [5.41, 5.74) is -0.989. The second-order valence-electron chi connectivity index (χ2n) is 6.18. The third-order valence-corrected chi connectivity index (χ3v) is 3.50. The van der Waals surface area contributed by atoms with E-state index in [0.717, 1.165) is 12.8 Å². The van der Waals surface area contributed by atoms with E-state index in [1.54, 1.807) is 13.8 Å². The summed E-state index contributed by atoms with van der Waals surface area (Å²) < 4.78 is 0. The molecule has 0 heterocycles. The Bertz CT molecular complexity index is 305. The Morgan fingerprint density at radius 2 is 1.72 bits per heavy atom. The van der Waals surface area contributed by atoms with Gasteiger partial charge in [-0.3, -0.25) is 9.59 Å². The SMILES string of the molecule is CC(C)CNC(=O)C(C)(C)C(=O)NC1CCCC1. The molecule has 0 aromatic rings. The van der Waals surface area contributed by atoms with Gasteiger partial charge in [-0.25, -0.2) is 0 Å². The summed E-state index contributed by atoms with van der Waals surface area (Å²) in [4.78, 5) is 24.1. The first-order chi connectivity index (χ1) is 8.34.